The molecule has 0 saturated heterocycles. The van der Waals surface area contributed by atoms with Crippen molar-refractivity contribution in [2.45, 2.75) is 6.92 Å². The Morgan fingerprint density at radius 2 is 1.96 bits per heavy atom. The number of nitrogens with one attached hydrogen (secondary N) is 1. The number of thiazole rings is 1. The molecule has 0 fully saturated rings. The molecule has 4 nitrogen and oxygen atoms in total. The highest BCUT2D eigenvalue weighted by Crippen LogP contribution is 2.23. The number of aromatic nitrogens is 1. The first-order valence-corrected chi connectivity index (χ1v) is 7.95. The van der Waals surface area contributed by atoms with Gasteiger partial charge in [0.2, 0.25) is 5.13 Å². The van der Waals surface area contributed by atoms with Crippen LogP contribution in [-0.4, -0.2) is 11.2 Å². The van der Waals surface area contributed by atoms with Crippen molar-refractivity contribution in [1.82, 2.24) is 4.98 Å². The molecular formula is C18H14N4S. The Labute approximate surface area is 138 Å². The number of aryl methyl sites for hydroxylation is 1. The van der Waals surface area contributed by atoms with Crippen LogP contribution >= 0.6 is 11.3 Å². The summed E-state index contributed by atoms with van der Waals surface area (Å²) in [6.45, 7) is 1.95. The molecule has 3 rings (SSSR count). The number of anilines is 1. The van der Waals surface area contributed by atoms with E-state index >= 15 is 0 Å². The fourth-order valence-corrected chi connectivity index (χ4v) is 2.80. The molecule has 23 heavy (non-hydrogen) atoms. The van der Waals surface area contributed by atoms with Crippen molar-refractivity contribution in [1.29, 1.82) is 5.26 Å². The van der Waals surface area contributed by atoms with Crippen LogP contribution in [0, 0.1) is 18.3 Å². The maximum absolute atomic E-state index is 8.90. The van der Waals surface area contributed by atoms with Crippen LogP contribution < -0.4 is 5.43 Å². The van der Waals surface area contributed by atoms with E-state index in [1.54, 1.807) is 6.21 Å². The van der Waals surface area contributed by atoms with Gasteiger partial charge in [-0.2, -0.15) is 10.4 Å². The maximum atomic E-state index is 8.90. The molecule has 1 aromatic heterocycles. The molecule has 0 aliphatic rings. The first-order valence-electron chi connectivity index (χ1n) is 7.07. The van der Waals surface area contributed by atoms with E-state index < -0.39 is 0 Å². The third kappa shape index (κ3) is 3.62. The Morgan fingerprint density at radius 3 is 2.65 bits per heavy atom. The average Bonchev–Trinajstić information content (AvgIpc) is 3.01. The second kappa shape index (κ2) is 6.86. The minimum absolute atomic E-state index is 0.653. The minimum atomic E-state index is 0.653. The van der Waals surface area contributed by atoms with E-state index in [1.807, 2.05) is 60.8 Å². The van der Waals surface area contributed by atoms with Crippen molar-refractivity contribution >= 4 is 22.7 Å². The number of benzene rings is 2. The van der Waals surface area contributed by atoms with Gasteiger partial charge in [0.15, 0.2) is 0 Å². The smallest absolute Gasteiger partial charge is 0.203 e. The third-order valence-corrected chi connectivity index (χ3v) is 4.13. The van der Waals surface area contributed by atoms with Gasteiger partial charge in [0.25, 0.3) is 0 Å². The van der Waals surface area contributed by atoms with Crippen LogP contribution in [0.2, 0.25) is 0 Å². The molecule has 0 aliphatic heterocycles. The standard InChI is InChI=1S/C18H14N4S/c1-13-12-23-18(21-13)22-20-11-16-4-2-3-5-17(16)15-8-6-14(10-19)7-9-15/h2-9,11-12H,1H3,(H,21,22). The molecule has 0 atom stereocenters. The topological polar surface area (TPSA) is 61.1 Å². The van der Waals surface area contributed by atoms with Gasteiger partial charge in [0.05, 0.1) is 23.5 Å². The SMILES string of the molecule is Cc1csc(NN=Cc2ccccc2-c2ccc(C#N)cc2)n1. The Hall–Kier alpha value is -2.97. The second-order valence-electron chi connectivity index (χ2n) is 4.94. The van der Waals surface area contributed by atoms with Crippen LogP contribution in [0.5, 0.6) is 0 Å². The van der Waals surface area contributed by atoms with Crippen molar-refractivity contribution in [3.8, 4) is 17.2 Å². The lowest BCUT2D eigenvalue weighted by molar-refractivity contribution is 1.22. The van der Waals surface area contributed by atoms with Gasteiger partial charge in [-0.3, -0.25) is 5.43 Å². The molecule has 0 saturated carbocycles. The summed E-state index contributed by atoms with van der Waals surface area (Å²) in [7, 11) is 0. The van der Waals surface area contributed by atoms with Gasteiger partial charge in [0, 0.05) is 10.9 Å². The van der Waals surface area contributed by atoms with E-state index in [4.69, 9.17) is 5.26 Å². The number of nitriles is 1. The molecule has 1 heterocycles. The summed E-state index contributed by atoms with van der Waals surface area (Å²) in [6, 6.07) is 17.7. The van der Waals surface area contributed by atoms with E-state index in [0.29, 0.717) is 5.56 Å². The van der Waals surface area contributed by atoms with Crippen LogP contribution in [0.1, 0.15) is 16.8 Å². The predicted octanol–water partition coefficient (Wildman–Crippen LogP) is 4.44. The molecule has 0 spiro atoms. The first-order chi connectivity index (χ1) is 11.3. The fraction of sp³-hybridized carbons (Fsp3) is 0.0556. The van der Waals surface area contributed by atoms with E-state index in [9.17, 15) is 0 Å². The van der Waals surface area contributed by atoms with Crippen molar-refractivity contribution in [3.63, 3.8) is 0 Å². The summed E-state index contributed by atoms with van der Waals surface area (Å²) in [6.07, 6.45) is 1.78. The van der Waals surface area contributed by atoms with Crippen molar-refractivity contribution < 1.29 is 0 Å². The molecule has 2 aromatic carbocycles. The number of nitrogens with zero attached hydrogens (tertiary/aromatic N) is 3. The van der Waals surface area contributed by atoms with Crippen molar-refractivity contribution in [2.75, 3.05) is 5.43 Å². The van der Waals surface area contributed by atoms with Crippen molar-refractivity contribution in [2.24, 2.45) is 5.10 Å². The summed E-state index contributed by atoms with van der Waals surface area (Å²) in [5, 5.41) is 15.9. The lowest BCUT2D eigenvalue weighted by Crippen LogP contribution is -1.92. The highest BCUT2D eigenvalue weighted by molar-refractivity contribution is 7.13. The number of hydrogen-bond donors (Lipinski definition) is 1. The quantitative estimate of drug-likeness (QED) is 0.571. The van der Waals surface area contributed by atoms with E-state index in [1.165, 1.54) is 11.3 Å². The van der Waals surface area contributed by atoms with Gasteiger partial charge in [-0.25, -0.2) is 4.98 Å². The second-order valence-corrected chi connectivity index (χ2v) is 5.80. The predicted molar refractivity (Wildman–Crippen MR) is 94.7 cm³/mol. The number of rotatable bonds is 4. The highest BCUT2D eigenvalue weighted by Gasteiger charge is 2.03. The van der Waals surface area contributed by atoms with E-state index in [2.05, 4.69) is 21.6 Å². The van der Waals surface area contributed by atoms with E-state index in [0.717, 1.165) is 27.5 Å². The number of hydrogen-bond acceptors (Lipinski definition) is 5. The minimum Gasteiger partial charge on any atom is -0.253 e. The molecule has 0 unspecified atom stereocenters. The summed E-state index contributed by atoms with van der Waals surface area (Å²) >= 11 is 1.52. The van der Waals surface area contributed by atoms with Crippen LogP contribution in [0.4, 0.5) is 5.13 Å². The molecule has 112 valence electrons. The molecular weight excluding hydrogens is 304 g/mol. The zero-order chi connectivity index (χ0) is 16.1. The Kier molecular flexibility index (Phi) is 4.46. The average molecular weight is 318 g/mol. The monoisotopic (exact) mass is 318 g/mol. The largest absolute Gasteiger partial charge is 0.253 e. The molecule has 0 bridgehead atoms. The Morgan fingerprint density at radius 1 is 1.17 bits per heavy atom. The molecule has 5 heteroatoms. The van der Waals surface area contributed by atoms with Crippen molar-refractivity contribution in [3.05, 3.63) is 70.7 Å². The Balaban J connectivity index is 1.83. The summed E-state index contributed by atoms with van der Waals surface area (Å²) < 4.78 is 0. The summed E-state index contributed by atoms with van der Waals surface area (Å²) in [4.78, 5) is 4.30. The zero-order valence-electron chi connectivity index (χ0n) is 12.5. The van der Waals surface area contributed by atoms with Crippen LogP contribution in [-0.2, 0) is 0 Å². The van der Waals surface area contributed by atoms with Gasteiger partial charge < -0.3 is 0 Å². The normalized spacial score (nSPS) is 10.6. The fourth-order valence-electron chi connectivity index (χ4n) is 2.16. The Bertz CT molecular complexity index is 873. The molecule has 0 aliphatic carbocycles. The molecule has 0 amide bonds. The molecule has 3 aromatic rings. The van der Waals surface area contributed by atoms with Gasteiger partial charge in [0.1, 0.15) is 0 Å². The third-order valence-electron chi connectivity index (χ3n) is 3.27. The molecule has 0 radical (unpaired) electrons. The van der Waals surface area contributed by atoms with Crippen LogP contribution in [0.3, 0.4) is 0 Å². The highest BCUT2D eigenvalue weighted by atomic mass is 32.1. The van der Waals surface area contributed by atoms with Crippen LogP contribution in [0.15, 0.2) is 59.0 Å². The molecule has 1 N–H and O–H groups in total. The van der Waals surface area contributed by atoms with Gasteiger partial charge in [-0.05, 0) is 30.2 Å². The van der Waals surface area contributed by atoms with Gasteiger partial charge >= 0.3 is 0 Å². The maximum Gasteiger partial charge on any atom is 0.203 e. The summed E-state index contributed by atoms with van der Waals surface area (Å²) in [5.74, 6) is 0. The van der Waals surface area contributed by atoms with Crippen LogP contribution in [0.25, 0.3) is 11.1 Å². The van der Waals surface area contributed by atoms with E-state index in [-0.39, 0.29) is 0 Å². The number of hydrazone groups is 1. The summed E-state index contributed by atoms with van der Waals surface area (Å²) in [5.41, 5.74) is 7.69. The van der Waals surface area contributed by atoms with Gasteiger partial charge in [-0.1, -0.05) is 36.4 Å². The lowest BCUT2D eigenvalue weighted by Gasteiger charge is -2.06. The zero-order valence-corrected chi connectivity index (χ0v) is 13.3. The van der Waals surface area contributed by atoms with Gasteiger partial charge in [-0.15, -0.1) is 11.3 Å². The first kappa shape index (κ1) is 14.9. The lowest BCUT2D eigenvalue weighted by atomic mass is 9.99.